The third kappa shape index (κ3) is 9.29. The molecule has 0 aromatic carbocycles. The molecule has 0 spiro atoms. The average Bonchev–Trinajstić information content (AvgIpc) is 2.59. The second-order valence-corrected chi connectivity index (χ2v) is 6.60. The van der Waals surface area contributed by atoms with Crippen LogP contribution in [0.2, 0.25) is 0 Å². The molecular weight excluding hydrogens is 316 g/mol. The van der Waals surface area contributed by atoms with Gasteiger partial charge in [-0.05, 0) is 25.3 Å². The standard InChI is InChI=1S/C19H34N4O2/c1-15(2)8-6-9-16(3)23-19(20-4)22-14-17-10-7-11-21-18(17)25-13-12-24-5/h7,10-11,15-16H,6,8-9,12-14H2,1-5H3,(H2,20,22,23). The zero-order valence-electron chi connectivity index (χ0n) is 16.3. The molecule has 0 aliphatic heterocycles. The van der Waals surface area contributed by atoms with Crippen LogP contribution in [0.3, 0.4) is 0 Å². The monoisotopic (exact) mass is 350 g/mol. The number of ether oxygens (including phenoxy) is 2. The maximum atomic E-state index is 5.66. The van der Waals surface area contributed by atoms with E-state index in [1.807, 2.05) is 12.1 Å². The SMILES string of the molecule is CN=C(NCc1cccnc1OCCOC)NC(C)CCCC(C)C. The molecule has 0 amide bonds. The molecule has 0 saturated carbocycles. The topological polar surface area (TPSA) is 67.8 Å². The number of nitrogens with one attached hydrogen (secondary N) is 2. The first-order valence-corrected chi connectivity index (χ1v) is 9.09. The van der Waals surface area contributed by atoms with Crippen molar-refractivity contribution in [2.24, 2.45) is 10.9 Å². The van der Waals surface area contributed by atoms with E-state index in [0.29, 0.717) is 31.7 Å². The summed E-state index contributed by atoms with van der Waals surface area (Å²) in [5, 5.41) is 6.77. The van der Waals surface area contributed by atoms with E-state index in [2.05, 4.69) is 41.4 Å². The van der Waals surface area contributed by atoms with E-state index in [9.17, 15) is 0 Å². The molecule has 1 rings (SSSR count). The summed E-state index contributed by atoms with van der Waals surface area (Å²) in [4.78, 5) is 8.60. The molecule has 6 heteroatoms. The van der Waals surface area contributed by atoms with E-state index in [4.69, 9.17) is 9.47 Å². The van der Waals surface area contributed by atoms with Crippen LogP contribution in [-0.2, 0) is 11.3 Å². The average molecular weight is 351 g/mol. The van der Waals surface area contributed by atoms with Crippen LogP contribution < -0.4 is 15.4 Å². The molecule has 1 atom stereocenters. The van der Waals surface area contributed by atoms with Crippen molar-refractivity contribution in [3.63, 3.8) is 0 Å². The first-order chi connectivity index (χ1) is 12.1. The third-order valence-electron chi connectivity index (χ3n) is 3.85. The molecule has 0 aliphatic carbocycles. The number of aliphatic imine (C=N–C) groups is 1. The van der Waals surface area contributed by atoms with Gasteiger partial charge < -0.3 is 20.1 Å². The Balaban J connectivity index is 2.46. The van der Waals surface area contributed by atoms with Gasteiger partial charge in [0.2, 0.25) is 5.88 Å². The van der Waals surface area contributed by atoms with Crippen LogP contribution in [0.15, 0.2) is 23.3 Å². The van der Waals surface area contributed by atoms with Gasteiger partial charge in [-0.25, -0.2) is 4.98 Å². The molecule has 0 aliphatic rings. The molecule has 0 radical (unpaired) electrons. The number of rotatable bonds is 11. The van der Waals surface area contributed by atoms with Gasteiger partial charge in [-0.3, -0.25) is 4.99 Å². The molecule has 0 saturated heterocycles. The zero-order valence-corrected chi connectivity index (χ0v) is 16.3. The van der Waals surface area contributed by atoms with Crippen molar-refractivity contribution < 1.29 is 9.47 Å². The third-order valence-corrected chi connectivity index (χ3v) is 3.85. The highest BCUT2D eigenvalue weighted by Gasteiger charge is 2.08. The molecule has 142 valence electrons. The lowest BCUT2D eigenvalue weighted by Crippen LogP contribution is -2.41. The zero-order chi connectivity index (χ0) is 18.5. The molecule has 0 bridgehead atoms. The molecule has 1 aromatic heterocycles. The van der Waals surface area contributed by atoms with Gasteiger partial charge in [-0.1, -0.05) is 32.8 Å². The first kappa shape index (κ1) is 21.2. The summed E-state index contributed by atoms with van der Waals surface area (Å²) in [5.41, 5.74) is 0.994. The molecule has 0 fully saturated rings. The van der Waals surface area contributed by atoms with Crippen LogP contribution in [-0.4, -0.2) is 44.4 Å². The highest BCUT2D eigenvalue weighted by molar-refractivity contribution is 5.79. The van der Waals surface area contributed by atoms with Gasteiger partial charge in [-0.15, -0.1) is 0 Å². The molecular formula is C19H34N4O2. The molecule has 25 heavy (non-hydrogen) atoms. The number of nitrogens with zero attached hydrogens (tertiary/aromatic N) is 2. The van der Waals surface area contributed by atoms with Gasteiger partial charge in [0.1, 0.15) is 6.61 Å². The summed E-state index contributed by atoms with van der Waals surface area (Å²) in [6.07, 6.45) is 5.35. The summed E-state index contributed by atoms with van der Waals surface area (Å²) in [6, 6.07) is 4.29. The largest absolute Gasteiger partial charge is 0.475 e. The quantitative estimate of drug-likeness (QED) is 0.365. The van der Waals surface area contributed by atoms with E-state index >= 15 is 0 Å². The number of hydrogen-bond donors (Lipinski definition) is 2. The Kier molecular flexibility index (Phi) is 10.6. The lowest BCUT2D eigenvalue weighted by molar-refractivity contribution is 0.143. The number of guanidine groups is 1. The van der Waals surface area contributed by atoms with Crippen LogP contribution >= 0.6 is 0 Å². The van der Waals surface area contributed by atoms with E-state index in [1.54, 1.807) is 20.4 Å². The first-order valence-electron chi connectivity index (χ1n) is 9.09. The van der Waals surface area contributed by atoms with Gasteiger partial charge in [0.05, 0.1) is 6.61 Å². The van der Waals surface area contributed by atoms with Crippen molar-refractivity contribution in [2.75, 3.05) is 27.4 Å². The van der Waals surface area contributed by atoms with Crippen LogP contribution in [0.25, 0.3) is 0 Å². The van der Waals surface area contributed by atoms with Gasteiger partial charge in [0, 0.05) is 38.5 Å². The van der Waals surface area contributed by atoms with Crippen molar-refractivity contribution in [2.45, 2.75) is 52.6 Å². The van der Waals surface area contributed by atoms with E-state index in [-0.39, 0.29) is 0 Å². The fraction of sp³-hybridized carbons (Fsp3) is 0.684. The van der Waals surface area contributed by atoms with Crippen molar-refractivity contribution in [1.82, 2.24) is 15.6 Å². The minimum Gasteiger partial charge on any atom is -0.475 e. The Hall–Kier alpha value is -1.82. The summed E-state index contributed by atoms with van der Waals surface area (Å²) >= 11 is 0. The van der Waals surface area contributed by atoms with E-state index in [1.165, 1.54) is 12.8 Å². The molecule has 1 aromatic rings. The summed E-state index contributed by atoms with van der Waals surface area (Å²) in [5.74, 6) is 2.18. The molecule has 6 nitrogen and oxygen atoms in total. The van der Waals surface area contributed by atoms with Gasteiger partial charge >= 0.3 is 0 Å². The Morgan fingerprint density at radius 1 is 1.24 bits per heavy atom. The van der Waals surface area contributed by atoms with Crippen LogP contribution in [0.1, 0.15) is 45.6 Å². The number of hydrogen-bond acceptors (Lipinski definition) is 4. The second kappa shape index (κ2) is 12.5. The number of pyridine rings is 1. The Labute approximate surface area is 152 Å². The Bertz CT molecular complexity index is 506. The Morgan fingerprint density at radius 3 is 2.72 bits per heavy atom. The van der Waals surface area contributed by atoms with Gasteiger partial charge in [0.15, 0.2) is 5.96 Å². The highest BCUT2D eigenvalue weighted by atomic mass is 16.5. The van der Waals surface area contributed by atoms with Crippen molar-refractivity contribution in [1.29, 1.82) is 0 Å². The lowest BCUT2D eigenvalue weighted by Gasteiger charge is -2.19. The van der Waals surface area contributed by atoms with E-state index in [0.717, 1.165) is 23.9 Å². The number of aromatic nitrogens is 1. The van der Waals surface area contributed by atoms with Crippen LogP contribution in [0.4, 0.5) is 0 Å². The highest BCUT2D eigenvalue weighted by Crippen LogP contribution is 2.14. The summed E-state index contributed by atoms with van der Waals surface area (Å²) in [6.45, 7) is 8.35. The van der Waals surface area contributed by atoms with Gasteiger partial charge in [0.25, 0.3) is 0 Å². The maximum Gasteiger partial charge on any atom is 0.218 e. The minimum absolute atomic E-state index is 0.385. The van der Waals surface area contributed by atoms with E-state index < -0.39 is 0 Å². The summed E-state index contributed by atoms with van der Waals surface area (Å²) in [7, 11) is 3.44. The predicted octanol–water partition coefficient (Wildman–Crippen LogP) is 2.99. The van der Waals surface area contributed by atoms with Crippen molar-refractivity contribution >= 4 is 5.96 Å². The smallest absolute Gasteiger partial charge is 0.218 e. The Morgan fingerprint density at radius 2 is 2.04 bits per heavy atom. The normalized spacial score (nSPS) is 13.0. The summed E-state index contributed by atoms with van der Waals surface area (Å²) < 4.78 is 10.7. The molecule has 1 unspecified atom stereocenters. The minimum atomic E-state index is 0.385. The maximum absolute atomic E-state index is 5.66. The lowest BCUT2D eigenvalue weighted by atomic mass is 10.0. The van der Waals surface area contributed by atoms with Crippen molar-refractivity contribution in [3.8, 4) is 5.88 Å². The van der Waals surface area contributed by atoms with Gasteiger partial charge in [-0.2, -0.15) is 0 Å². The van der Waals surface area contributed by atoms with Crippen LogP contribution in [0, 0.1) is 5.92 Å². The molecule has 2 N–H and O–H groups in total. The predicted molar refractivity (Wildman–Crippen MR) is 103 cm³/mol. The van der Waals surface area contributed by atoms with Crippen LogP contribution in [0.5, 0.6) is 5.88 Å². The second-order valence-electron chi connectivity index (χ2n) is 6.60. The van der Waals surface area contributed by atoms with Crippen molar-refractivity contribution in [3.05, 3.63) is 23.9 Å². The number of methoxy groups -OCH3 is 1. The fourth-order valence-electron chi connectivity index (χ4n) is 2.42. The molecule has 1 heterocycles. The fourth-order valence-corrected chi connectivity index (χ4v) is 2.42.